The predicted molar refractivity (Wildman–Crippen MR) is 54.1 cm³/mol. The molecule has 0 aromatic carbocycles. The van der Waals surface area contributed by atoms with Crippen molar-refractivity contribution in [1.82, 2.24) is 5.32 Å². The fraction of sp³-hybridized carbons (Fsp3) is 0.667. The van der Waals surface area contributed by atoms with Crippen LogP contribution in [0.4, 0.5) is 0 Å². The Bertz CT molecular complexity index is 174. The molecule has 0 saturated carbocycles. The average Bonchev–Trinajstić information content (AvgIpc) is 2.04. The van der Waals surface area contributed by atoms with E-state index in [0.717, 1.165) is 12.8 Å². The van der Waals surface area contributed by atoms with Crippen LogP contribution in [0.2, 0.25) is 0 Å². The Morgan fingerprint density at radius 1 is 1.75 bits per heavy atom. The highest BCUT2D eigenvalue weighted by molar-refractivity contribution is 7.80. The lowest BCUT2D eigenvalue weighted by Gasteiger charge is -2.10. The van der Waals surface area contributed by atoms with Gasteiger partial charge >= 0.3 is 0 Å². The zero-order valence-corrected chi connectivity index (χ0v) is 8.23. The third-order valence-corrected chi connectivity index (χ3v) is 1.68. The van der Waals surface area contributed by atoms with Crippen molar-refractivity contribution in [3.05, 3.63) is 0 Å². The van der Waals surface area contributed by atoms with Crippen LogP contribution in [-0.4, -0.2) is 17.7 Å². The second-order valence-electron chi connectivity index (χ2n) is 2.55. The summed E-state index contributed by atoms with van der Waals surface area (Å²) < 4.78 is 0. The molecule has 68 valence electrons. The molecule has 0 spiro atoms. The normalized spacial score (nSPS) is 11.8. The number of hydrogen-bond donors (Lipinski definition) is 2. The standard InChI is InChI=1S/C9H15NOS/c1-3-5-8(4-2)10-9(11)6-7-12/h2,8,12H,3,5-7H2,1H3,(H,10,11). The van der Waals surface area contributed by atoms with E-state index in [2.05, 4.69) is 23.9 Å². The molecule has 1 amide bonds. The third-order valence-electron chi connectivity index (χ3n) is 1.45. The summed E-state index contributed by atoms with van der Waals surface area (Å²) in [6, 6.07) is -0.109. The summed E-state index contributed by atoms with van der Waals surface area (Å²) >= 11 is 3.95. The molecule has 0 aliphatic heterocycles. The van der Waals surface area contributed by atoms with Crippen molar-refractivity contribution in [2.75, 3.05) is 5.75 Å². The van der Waals surface area contributed by atoms with Gasteiger partial charge in [-0.2, -0.15) is 12.6 Å². The number of nitrogens with one attached hydrogen (secondary N) is 1. The van der Waals surface area contributed by atoms with Gasteiger partial charge in [-0.15, -0.1) is 6.42 Å². The van der Waals surface area contributed by atoms with Crippen molar-refractivity contribution in [1.29, 1.82) is 0 Å². The Morgan fingerprint density at radius 2 is 2.42 bits per heavy atom. The van der Waals surface area contributed by atoms with Gasteiger partial charge in [-0.25, -0.2) is 0 Å². The van der Waals surface area contributed by atoms with Gasteiger partial charge in [0.1, 0.15) is 0 Å². The summed E-state index contributed by atoms with van der Waals surface area (Å²) in [5.74, 6) is 3.09. The Balaban J connectivity index is 3.71. The minimum Gasteiger partial charge on any atom is -0.342 e. The van der Waals surface area contributed by atoms with Crippen LogP contribution in [0.25, 0.3) is 0 Å². The fourth-order valence-corrected chi connectivity index (χ4v) is 1.06. The van der Waals surface area contributed by atoms with Crippen molar-refractivity contribution in [3.63, 3.8) is 0 Å². The summed E-state index contributed by atoms with van der Waals surface area (Å²) in [6.45, 7) is 2.04. The van der Waals surface area contributed by atoms with E-state index >= 15 is 0 Å². The van der Waals surface area contributed by atoms with Gasteiger partial charge in [-0.1, -0.05) is 19.3 Å². The van der Waals surface area contributed by atoms with Gasteiger partial charge in [0, 0.05) is 6.42 Å². The molecular formula is C9H15NOS. The smallest absolute Gasteiger partial charge is 0.221 e. The van der Waals surface area contributed by atoms with E-state index in [1.54, 1.807) is 0 Å². The van der Waals surface area contributed by atoms with Crippen molar-refractivity contribution in [2.24, 2.45) is 0 Å². The minimum absolute atomic E-state index is 0.0126. The Kier molecular flexibility index (Phi) is 6.69. The number of hydrogen-bond acceptors (Lipinski definition) is 2. The fourth-order valence-electron chi connectivity index (χ4n) is 0.854. The molecule has 0 radical (unpaired) electrons. The Hall–Kier alpha value is -0.620. The number of amides is 1. The first kappa shape index (κ1) is 11.4. The van der Waals surface area contributed by atoms with Gasteiger partial charge in [-0.05, 0) is 12.2 Å². The van der Waals surface area contributed by atoms with E-state index in [9.17, 15) is 4.79 Å². The highest BCUT2D eigenvalue weighted by Crippen LogP contribution is 1.95. The first-order valence-corrected chi connectivity index (χ1v) is 4.74. The van der Waals surface area contributed by atoms with Gasteiger partial charge in [0.25, 0.3) is 0 Å². The summed E-state index contributed by atoms with van der Waals surface area (Å²) in [7, 11) is 0. The topological polar surface area (TPSA) is 29.1 Å². The van der Waals surface area contributed by atoms with Gasteiger partial charge in [0.15, 0.2) is 0 Å². The molecule has 0 aromatic rings. The molecule has 12 heavy (non-hydrogen) atoms. The summed E-state index contributed by atoms with van der Waals surface area (Å²) in [5.41, 5.74) is 0. The van der Waals surface area contributed by atoms with Crippen LogP contribution in [-0.2, 0) is 4.79 Å². The highest BCUT2D eigenvalue weighted by atomic mass is 32.1. The number of carbonyl (C=O) groups is 1. The van der Waals surface area contributed by atoms with E-state index in [1.165, 1.54) is 0 Å². The zero-order chi connectivity index (χ0) is 9.40. The maximum atomic E-state index is 11.0. The SMILES string of the molecule is C#CC(CCC)NC(=O)CCS. The van der Waals surface area contributed by atoms with Crippen LogP contribution in [0.1, 0.15) is 26.2 Å². The van der Waals surface area contributed by atoms with Gasteiger partial charge in [0.05, 0.1) is 6.04 Å². The van der Waals surface area contributed by atoms with Crippen LogP contribution in [0.15, 0.2) is 0 Å². The molecule has 0 heterocycles. The largest absolute Gasteiger partial charge is 0.342 e. The third kappa shape index (κ3) is 5.09. The lowest BCUT2D eigenvalue weighted by molar-refractivity contribution is -0.121. The molecule has 0 aliphatic carbocycles. The van der Waals surface area contributed by atoms with Crippen LogP contribution in [0.5, 0.6) is 0 Å². The maximum Gasteiger partial charge on any atom is 0.221 e. The molecule has 0 rings (SSSR count). The lowest BCUT2D eigenvalue weighted by Crippen LogP contribution is -2.33. The van der Waals surface area contributed by atoms with Crippen molar-refractivity contribution in [2.45, 2.75) is 32.2 Å². The molecule has 2 nitrogen and oxygen atoms in total. The summed E-state index contributed by atoms with van der Waals surface area (Å²) in [5, 5.41) is 2.74. The molecule has 1 N–H and O–H groups in total. The van der Waals surface area contributed by atoms with E-state index in [-0.39, 0.29) is 11.9 Å². The van der Waals surface area contributed by atoms with Crippen molar-refractivity contribution in [3.8, 4) is 12.3 Å². The zero-order valence-electron chi connectivity index (χ0n) is 7.34. The average molecular weight is 185 g/mol. The number of terminal acetylenes is 1. The van der Waals surface area contributed by atoms with E-state index in [0.29, 0.717) is 12.2 Å². The first-order chi connectivity index (χ1) is 5.74. The monoisotopic (exact) mass is 185 g/mol. The van der Waals surface area contributed by atoms with Crippen LogP contribution < -0.4 is 5.32 Å². The number of carbonyl (C=O) groups excluding carboxylic acids is 1. The molecule has 0 fully saturated rings. The predicted octanol–water partition coefficient (Wildman–Crippen LogP) is 1.22. The van der Waals surface area contributed by atoms with Gasteiger partial charge in [-0.3, -0.25) is 4.79 Å². The molecule has 3 heteroatoms. The lowest BCUT2D eigenvalue weighted by atomic mass is 10.2. The quantitative estimate of drug-likeness (QED) is 0.489. The Labute approximate surface area is 79.5 Å². The van der Waals surface area contributed by atoms with E-state index < -0.39 is 0 Å². The second-order valence-corrected chi connectivity index (χ2v) is 3.00. The molecule has 0 bridgehead atoms. The van der Waals surface area contributed by atoms with E-state index in [1.807, 2.05) is 6.92 Å². The number of rotatable bonds is 5. The molecule has 1 unspecified atom stereocenters. The number of thiol groups is 1. The van der Waals surface area contributed by atoms with Crippen LogP contribution in [0.3, 0.4) is 0 Å². The van der Waals surface area contributed by atoms with Crippen molar-refractivity contribution >= 4 is 18.5 Å². The van der Waals surface area contributed by atoms with E-state index in [4.69, 9.17) is 6.42 Å². The van der Waals surface area contributed by atoms with Crippen molar-refractivity contribution < 1.29 is 4.79 Å². The summed E-state index contributed by atoms with van der Waals surface area (Å²) in [4.78, 5) is 11.0. The second kappa shape index (κ2) is 7.05. The first-order valence-electron chi connectivity index (χ1n) is 4.11. The van der Waals surface area contributed by atoms with Gasteiger partial charge < -0.3 is 5.32 Å². The molecule has 0 aromatic heterocycles. The highest BCUT2D eigenvalue weighted by Gasteiger charge is 2.06. The molecule has 0 saturated heterocycles. The van der Waals surface area contributed by atoms with Crippen LogP contribution >= 0.6 is 12.6 Å². The minimum atomic E-state index is -0.109. The van der Waals surface area contributed by atoms with Gasteiger partial charge in [0.2, 0.25) is 5.91 Å². The Morgan fingerprint density at radius 3 is 2.83 bits per heavy atom. The maximum absolute atomic E-state index is 11.0. The summed E-state index contributed by atoms with van der Waals surface area (Å²) in [6.07, 6.45) is 7.48. The molecule has 0 aliphatic rings. The molecule has 1 atom stereocenters. The van der Waals surface area contributed by atoms with Crippen LogP contribution in [0, 0.1) is 12.3 Å². The molecular weight excluding hydrogens is 170 g/mol.